The molecular weight excluding hydrogens is 574 g/mol. The Bertz CT molecular complexity index is 1270. The standard InChI is InChI=1S/C32H47N5O6.C2H6/c1-22(19-25-12-16-36(34-25)21-35-15-8-14-33-35)29-20-27-26(37(27)17-18-42-24(3)38)9-6-7-10-28(39)23(2)31(41)32(4,5)13-11-30(40)43-29;1-2/h8,12,14-16,19,23,26-29,39H,6-7,9-11,13,17-18,20-21H2,1-5H3;1-2H3/b22-19+;/t23-,26?,27?,28?,29?,37?;/m1./s1. The van der Waals surface area contributed by atoms with E-state index < -0.39 is 23.5 Å². The quantitative estimate of drug-likeness (QED) is 0.337. The molecule has 11 heteroatoms. The minimum Gasteiger partial charge on any atom is -0.465 e. The van der Waals surface area contributed by atoms with E-state index >= 15 is 0 Å². The summed E-state index contributed by atoms with van der Waals surface area (Å²) in [5.74, 6) is -1.19. The number of carbonyl (C=O) groups is 3. The highest BCUT2D eigenvalue weighted by Gasteiger charge is 2.48. The Balaban J connectivity index is 0.00000271. The molecule has 0 aliphatic carbocycles. The lowest BCUT2D eigenvalue weighted by Crippen LogP contribution is -2.36. The molecular formula is C34H53N5O6. The van der Waals surface area contributed by atoms with Gasteiger partial charge >= 0.3 is 11.9 Å². The van der Waals surface area contributed by atoms with Crippen LogP contribution in [0, 0.1) is 11.3 Å². The molecule has 5 unspecified atom stereocenters. The van der Waals surface area contributed by atoms with Gasteiger partial charge in [-0.25, -0.2) is 0 Å². The molecule has 0 saturated carbocycles. The molecule has 2 aromatic rings. The topological polar surface area (TPSA) is 129 Å². The van der Waals surface area contributed by atoms with Crippen LogP contribution in [0.15, 0.2) is 36.3 Å². The first-order chi connectivity index (χ1) is 21.4. The summed E-state index contributed by atoms with van der Waals surface area (Å²) in [6, 6.07) is 4.21. The minimum atomic E-state index is -0.757. The number of ether oxygens (including phenoxy) is 2. The highest BCUT2D eigenvalue weighted by atomic mass is 16.5. The van der Waals surface area contributed by atoms with Crippen molar-refractivity contribution in [2.45, 2.75) is 124 Å². The number of aliphatic hydroxyl groups excluding tert-OH is 1. The van der Waals surface area contributed by atoms with Crippen LogP contribution in [-0.4, -0.2) is 84.7 Å². The summed E-state index contributed by atoms with van der Waals surface area (Å²) in [5.41, 5.74) is 0.885. The second kappa shape index (κ2) is 16.8. The highest BCUT2D eigenvalue weighted by molar-refractivity contribution is 5.87. The van der Waals surface area contributed by atoms with Crippen molar-refractivity contribution in [1.82, 2.24) is 24.5 Å². The summed E-state index contributed by atoms with van der Waals surface area (Å²) < 4.78 is 14.9. The third kappa shape index (κ3) is 10.6. The van der Waals surface area contributed by atoms with E-state index in [9.17, 15) is 19.5 Å². The second-order valence-corrected chi connectivity index (χ2v) is 12.7. The van der Waals surface area contributed by atoms with Crippen molar-refractivity contribution in [3.63, 3.8) is 0 Å². The van der Waals surface area contributed by atoms with E-state index in [2.05, 4.69) is 15.1 Å². The van der Waals surface area contributed by atoms with Crippen molar-refractivity contribution in [2.24, 2.45) is 11.3 Å². The van der Waals surface area contributed by atoms with Crippen molar-refractivity contribution in [1.29, 1.82) is 0 Å². The fraction of sp³-hybridized carbons (Fsp3) is 0.676. The molecule has 1 N–H and O–H groups in total. The van der Waals surface area contributed by atoms with Crippen LogP contribution in [0.1, 0.15) is 99.1 Å². The summed E-state index contributed by atoms with van der Waals surface area (Å²) in [7, 11) is 0. The molecule has 4 rings (SSSR count). The van der Waals surface area contributed by atoms with Crippen molar-refractivity contribution in [3.05, 3.63) is 42.0 Å². The molecule has 2 saturated heterocycles. The molecule has 0 aromatic carbocycles. The molecule has 0 bridgehead atoms. The number of rotatable bonds is 7. The van der Waals surface area contributed by atoms with Gasteiger partial charge in [-0.1, -0.05) is 47.5 Å². The smallest absolute Gasteiger partial charge is 0.306 e. The molecule has 45 heavy (non-hydrogen) atoms. The Morgan fingerprint density at radius 1 is 1.13 bits per heavy atom. The number of aliphatic hydroxyl groups is 1. The molecule has 6 atom stereocenters. The molecule has 0 radical (unpaired) electrons. The first kappa shape index (κ1) is 36.2. The van der Waals surface area contributed by atoms with Gasteiger partial charge in [0.2, 0.25) is 0 Å². The van der Waals surface area contributed by atoms with Gasteiger partial charge in [-0.2, -0.15) is 10.2 Å². The molecule has 0 amide bonds. The number of hydrogen-bond donors (Lipinski definition) is 1. The van der Waals surface area contributed by atoms with Gasteiger partial charge in [-0.3, -0.25) is 28.6 Å². The third-order valence-corrected chi connectivity index (χ3v) is 8.85. The molecule has 11 nitrogen and oxygen atoms in total. The number of aromatic nitrogens is 4. The molecule has 0 spiro atoms. The molecule has 2 fully saturated rings. The zero-order valence-electron chi connectivity index (χ0n) is 28.1. The molecule has 250 valence electrons. The number of carbonyl (C=O) groups excluding carboxylic acids is 3. The maximum Gasteiger partial charge on any atom is 0.306 e. The van der Waals surface area contributed by atoms with E-state index in [4.69, 9.17) is 9.47 Å². The van der Waals surface area contributed by atoms with Gasteiger partial charge in [-0.15, -0.1) is 0 Å². The summed E-state index contributed by atoms with van der Waals surface area (Å²) in [4.78, 5) is 40.1. The van der Waals surface area contributed by atoms with Gasteiger partial charge in [-0.05, 0) is 50.0 Å². The van der Waals surface area contributed by atoms with E-state index in [0.29, 0.717) is 39.1 Å². The summed E-state index contributed by atoms with van der Waals surface area (Å²) in [5, 5.41) is 19.6. The molecule has 2 aliphatic heterocycles. The van der Waals surface area contributed by atoms with Crippen LogP contribution in [0.4, 0.5) is 0 Å². The number of fused-ring (bicyclic) bond motifs is 1. The maximum atomic E-state index is 13.2. The van der Waals surface area contributed by atoms with E-state index in [1.54, 1.807) is 22.5 Å². The normalized spacial score (nSPS) is 27.9. The van der Waals surface area contributed by atoms with Crippen LogP contribution < -0.4 is 0 Å². The van der Waals surface area contributed by atoms with E-state index in [1.807, 2.05) is 65.2 Å². The Kier molecular flexibility index (Phi) is 13.5. The van der Waals surface area contributed by atoms with Gasteiger partial charge in [0.25, 0.3) is 0 Å². The average Bonchev–Trinajstić information content (AvgIpc) is 3.32. The van der Waals surface area contributed by atoms with Gasteiger partial charge < -0.3 is 14.6 Å². The molecule has 4 heterocycles. The number of nitrogens with zero attached hydrogens (tertiary/aromatic N) is 5. The molecule has 2 aliphatic rings. The number of cyclic esters (lactones) is 1. The first-order valence-corrected chi connectivity index (χ1v) is 16.4. The molecule has 2 aromatic heterocycles. The number of ketones is 1. The van der Waals surface area contributed by atoms with Gasteiger partial charge in [0.15, 0.2) is 0 Å². The monoisotopic (exact) mass is 627 g/mol. The number of Topliss-reactive ketones (excluding diaryl/α,β-unsaturated/α-hetero) is 1. The van der Waals surface area contributed by atoms with Crippen molar-refractivity contribution < 1.29 is 29.0 Å². The summed E-state index contributed by atoms with van der Waals surface area (Å²) in [6.45, 7) is 14.2. The predicted molar refractivity (Wildman–Crippen MR) is 172 cm³/mol. The zero-order valence-corrected chi connectivity index (χ0v) is 28.1. The number of hydrogen-bond acceptors (Lipinski definition) is 9. The van der Waals surface area contributed by atoms with Crippen LogP contribution in [0.2, 0.25) is 0 Å². The Hall–Kier alpha value is -3.31. The largest absolute Gasteiger partial charge is 0.465 e. The van der Waals surface area contributed by atoms with Crippen LogP contribution in [-0.2, 0) is 30.5 Å². The first-order valence-electron chi connectivity index (χ1n) is 16.4. The van der Waals surface area contributed by atoms with E-state index in [0.717, 1.165) is 30.5 Å². The zero-order chi connectivity index (χ0) is 33.1. The number of esters is 2. The van der Waals surface area contributed by atoms with Gasteiger partial charge in [0.1, 0.15) is 25.2 Å². The van der Waals surface area contributed by atoms with Crippen molar-refractivity contribution in [2.75, 3.05) is 13.2 Å². The SMILES string of the molecule is CC.CC(=O)OCCN1C2CCCCC(O)[C@@H](C)C(=O)C(C)(C)CCC(=O)OC(/C(C)=C/c3ccn(Cn4cccn4)n3)CC21. The average molecular weight is 628 g/mol. The lowest BCUT2D eigenvalue weighted by molar-refractivity contribution is -0.149. The maximum absolute atomic E-state index is 13.2. The second-order valence-electron chi connectivity index (χ2n) is 12.7. The van der Waals surface area contributed by atoms with E-state index in [1.165, 1.54) is 6.92 Å². The lowest BCUT2D eigenvalue weighted by Gasteiger charge is -2.29. The van der Waals surface area contributed by atoms with Crippen molar-refractivity contribution >= 4 is 23.8 Å². The fourth-order valence-electron chi connectivity index (χ4n) is 6.11. The predicted octanol–water partition coefficient (Wildman–Crippen LogP) is 4.88. The van der Waals surface area contributed by atoms with Crippen LogP contribution in [0.3, 0.4) is 0 Å². The van der Waals surface area contributed by atoms with Gasteiger partial charge in [0, 0.05) is 68.3 Å². The lowest BCUT2D eigenvalue weighted by atomic mass is 9.76. The third-order valence-electron chi connectivity index (χ3n) is 8.85. The van der Waals surface area contributed by atoms with Crippen LogP contribution in [0.25, 0.3) is 6.08 Å². The highest BCUT2D eigenvalue weighted by Crippen LogP contribution is 2.38. The fourth-order valence-corrected chi connectivity index (χ4v) is 6.11. The Morgan fingerprint density at radius 3 is 2.56 bits per heavy atom. The Labute approximate surface area is 267 Å². The summed E-state index contributed by atoms with van der Waals surface area (Å²) >= 11 is 0. The summed E-state index contributed by atoms with van der Waals surface area (Å²) in [6.07, 6.45) is 10.5. The Morgan fingerprint density at radius 2 is 1.87 bits per heavy atom. The minimum absolute atomic E-state index is 0.0304. The van der Waals surface area contributed by atoms with Crippen LogP contribution >= 0.6 is 0 Å². The van der Waals surface area contributed by atoms with Gasteiger partial charge in [0.05, 0.1) is 11.8 Å². The van der Waals surface area contributed by atoms with Crippen molar-refractivity contribution in [3.8, 4) is 0 Å². The van der Waals surface area contributed by atoms with Crippen LogP contribution in [0.5, 0.6) is 0 Å². The van der Waals surface area contributed by atoms with E-state index in [-0.39, 0.29) is 36.2 Å².